The lowest BCUT2D eigenvalue weighted by Crippen LogP contribution is -2.37. The van der Waals surface area contributed by atoms with Crippen molar-refractivity contribution in [2.24, 2.45) is 0 Å². The number of tetrazole rings is 1. The van der Waals surface area contributed by atoms with Gasteiger partial charge in [-0.1, -0.05) is 23.5 Å². The predicted octanol–water partition coefficient (Wildman–Crippen LogP) is 4.01. The number of amides is 1. The molecule has 5 rings (SSSR count). The van der Waals surface area contributed by atoms with Gasteiger partial charge in [0, 0.05) is 19.0 Å². The molecule has 0 spiro atoms. The molecule has 170 valence electrons. The number of hydrogen-bond acceptors (Lipinski definition) is 8. The Balaban J connectivity index is 1.09. The number of benzene rings is 2. The molecule has 11 heteroatoms. The van der Waals surface area contributed by atoms with E-state index >= 15 is 0 Å². The van der Waals surface area contributed by atoms with Crippen molar-refractivity contribution in [2.75, 3.05) is 19.7 Å². The van der Waals surface area contributed by atoms with E-state index in [9.17, 15) is 4.79 Å². The quantitative estimate of drug-likeness (QED) is 0.434. The molecular weight excluding hydrogens is 444 g/mol. The molecule has 0 bridgehead atoms. The van der Waals surface area contributed by atoms with Gasteiger partial charge < -0.3 is 19.5 Å². The van der Waals surface area contributed by atoms with Gasteiger partial charge in [0.25, 0.3) is 5.19 Å². The van der Waals surface area contributed by atoms with Crippen LogP contribution in [0.25, 0.3) is 10.2 Å². The van der Waals surface area contributed by atoms with E-state index in [1.165, 1.54) is 21.0 Å². The van der Waals surface area contributed by atoms with E-state index in [-0.39, 0.29) is 5.92 Å². The van der Waals surface area contributed by atoms with Crippen molar-refractivity contribution in [1.29, 1.82) is 0 Å². The fraction of sp³-hybridized carbons (Fsp3) is 0.318. The summed E-state index contributed by atoms with van der Waals surface area (Å²) in [5, 5.41) is 22.3. The molecule has 2 aromatic carbocycles. The molecule has 1 fully saturated rings. The summed E-state index contributed by atoms with van der Waals surface area (Å²) in [6.45, 7) is 1.85. The second kappa shape index (κ2) is 9.41. The minimum absolute atomic E-state index is 0.137. The first-order chi connectivity index (χ1) is 16.1. The van der Waals surface area contributed by atoms with Crippen molar-refractivity contribution in [3.8, 4) is 16.7 Å². The Bertz CT molecular complexity index is 1200. The first-order valence-corrected chi connectivity index (χ1v) is 11.5. The van der Waals surface area contributed by atoms with Crippen LogP contribution in [0.5, 0.6) is 16.7 Å². The maximum absolute atomic E-state index is 11.0. The lowest BCUT2D eigenvalue weighted by molar-refractivity contribution is 0.131. The predicted molar refractivity (Wildman–Crippen MR) is 121 cm³/mol. The van der Waals surface area contributed by atoms with Crippen LogP contribution in [-0.4, -0.2) is 61.0 Å². The van der Waals surface area contributed by atoms with Crippen molar-refractivity contribution < 1.29 is 19.4 Å². The van der Waals surface area contributed by atoms with Crippen LogP contribution < -0.4 is 9.47 Å². The van der Waals surface area contributed by atoms with Crippen LogP contribution in [-0.2, 0) is 6.54 Å². The molecule has 0 atom stereocenters. The fourth-order valence-electron chi connectivity index (χ4n) is 3.69. The monoisotopic (exact) mass is 466 g/mol. The molecule has 10 nitrogen and oxygen atoms in total. The first-order valence-electron chi connectivity index (χ1n) is 10.7. The molecule has 3 heterocycles. The van der Waals surface area contributed by atoms with Crippen LogP contribution in [0.1, 0.15) is 24.6 Å². The molecule has 33 heavy (non-hydrogen) atoms. The van der Waals surface area contributed by atoms with E-state index in [1.54, 1.807) is 0 Å². The topological polar surface area (TPSA) is 115 Å². The standard InChI is InChI=1S/C22H22N6O4S/c29-22(30)27-11-9-15(10-12-27)20-24-26-28(25-20)13-14-31-16-5-7-17(8-6-16)32-21-23-18-3-1-2-4-19(18)33-21/h1-8,15H,9-14H2,(H,29,30). The third-order valence-corrected chi connectivity index (χ3v) is 6.38. The van der Waals surface area contributed by atoms with Crippen molar-refractivity contribution >= 4 is 27.6 Å². The van der Waals surface area contributed by atoms with E-state index in [0.29, 0.717) is 61.6 Å². The molecule has 0 aliphatic carbocycles. The minimum atomic E-state index is -0.876. The molecule has 2 aromatic heterocycles. The highest BCUT2D eigenvalue weighted by Crippen LogP contribution is 2.31. The normalized spacial score (nSPS) is 14.5. The Hall–Kier alpha value is -3.73. The van der Waals surface area contributed by atoms with Crippen molar-refractivity contribution in [3.05, 3.63) is 54.4 Å². The van der Waals surface area contributed by atoms with Crippen LogP contribution in [0, 0.1) is 0 Å². The van der Waals surface area contributed by atoms with Gasteiger partial charge in [-0.15, -0.1) is 10.2 Å². The Morgan fingerprint density at radius 3 is 2.61 bits per heavy atom. The fourth-order valence-corrected chi connectivity index (χ4v) is 4.52. The summed E-state index contributed by atoms with van der Waals surface area (Å²) < 4.78 is 12.7. The summed E-state index contributed by atoms with van der Waals surface area (Å²) in [6, 6.07) is 15.3. The van der Waals surface area contributed by atoms with Gasteiger partial charge in [-0.3, -0.25) is 0 Å². The molecule has 0 saturated carbocycles. The summed E-state index contributed by atoms with van der Waals surface area (Å²) >= 11 is 1.51. The Morgan fingerprint density at radius 2 is 1.85 bits per heavy atom. The Morgan fingerprint density at radius 1 is 1.09 bits per heavy atom. The van der Waals surface area contributed by atoms with Crippen LogP contribution in [0.4, 0.5) is 4.79 Å². The summed E-state index contributed by atoms with van der Waals surface area (Å²) in [5.41, 5.74) is 0.924. The highest BCUT2D eigenvalue weighted by Gasteiger charge is 2.26. The zero-order valence-electron chi connectivity index (χ0n) is 17.7. The number of carbonyl (C=O) groups is 1. The van der Waals surface area contributed by atoms with Gasteiger partial charge >= 0.3 is 6.09 Å². The van der Waals surface area contributed by atoms with E-state index < -0.39 is 6.09 Å². The smallest absolute Gasteiger partial charge is 0.407 e. The van der Waals surface area contributed by atoms with Gasteiger partial charge in [0.05, 0.1) is 16.8 Å². The summed E-state index contributed by atoms with van der Waals surface area (Å²) in [5.74, 6) is 2.21. The highest BCUT2D eigenvalue weighted by atomic mass is 32.1. The number of para-hydroxylation sites is 1. The second-order valence-electron chi connectivity index (χ2n) is 7.66. The number of carboxylic acid groups (broad SMARTS) is 1. The van der Waals surface area contributed by atoms with E-state index in [4.69, 9.17) is 14.6 Å². The average molecular weight is 467 g/mol. The first kappa shape index (κ1) is 21.1. The SMILES string of the molecule is O=C(O)N1CCC(c2nnn(CCOc3ccc(Oc4nc5ccccc5s4)cc3)n2)CC1. The van der Waals surface area contributed by atoms with Crippen molar-refractivity contribution in [2.45, 2.75) is 25.3 Å². The Kier molecular flexibility index (Phi) is 6.03. The van der Waals surface area contributed by atoms with Gasteiger partial charge in [-0.05, 0) is 54.5 Å². The lowest BCUT2D eigenvalue weighted by Gasteiger charge is -2.28. The van der Waals surface area contributed by atoms with E-state index in [2.05, 4.69) is 20.4 Å². The average Bonchev–Trinajstić information content (AvgIpc) is 3.47. The maximum atomic E-state index is 11.0. The molecular formula is C22H22N6O4S. The number of ether oxygens (including phenoxy) is 2. The Labute approximate surface area is 193 Å². The summed E-state index contributed by atoms with van der Waals surface area (Å²) in [4.78, 5) is 18.4. The van der Waals surface area contributed by atoms with Gasteiger partial charge in [0.2, 0.25) is 0 Å². The van der Waals surface area contributed by atoms with Crippen LogP contribution in [0.3, 0.4) is 0 Å². The molecule has 1 saturated heterocycles. The number of hydrogen-bond donors (Lipinski definition) is 1. The molecule has 0 radical (unpaired) electrons. The number of aromatic nitrogens is 5. The van der Waals surface area contributed by atoms with E-state index in [1.807, 2.05) is 48.5 Å². The minimum Gasteiger partial charge on any atom is -0.492 e. The molecule has 1 amide bonds. The molecule has 1 aliphatic rings. The number of piperidine rings is 1. The lowest BCUT2D eigenvalue weighted by atomic mass is 9.96. The number of nitrogens with zero attached hydrogens (tertiary/aromatic N) is 6. The molecule has 0 unspecified atom stereocenters. The van der Waals surface area contributed by atoms with Gasteiger partial charge in [-0.25, -0.2) is 9.78 Å². The van der Waals surface area contributed by atoms with Gasteiger partial charge in [0.15, 0.2) is 5.82 Å². The zero-order chi connectivity index (χ0) is 22.6. The van der Waals surface area contributed by atoms with Crippen molar-refractivity contribution in [3.63, 3.8) is 0 Å². The van der Waals surface area contributed by atoms with Crippen molar-refractivity contribution in [1.82, 2.24) is 30.1 Å². The molecule has 1 aliphatic heterocycles. The number of rotatable bonds is 7. The number of fused-ring (bicyclic) bond motifs is 1. The summed E-state index contributed by atoms with van der Waals surface area (Å²) in [7, 11) is 0. The molecule has 4 aromatic rings. The second-order valence-corrected chi connectivity index (χ2v) is 8.65. The van der Waals surface area contributed by atoms with Gasteiger partial charge in [0.1, 0.15) is 18.1 Å². The number of thiazole rings is 1. The maximum Gasteiger partial charge on any atom is 0.407 e. The van der Waals surface area contributed by atoms with E-state index in [0.717, 1.165) is 10.2 Å². The van der Waals surface area contributed by atoms with Gasteiger partial charge in [-0.2, -0.15) is 4.80 Å². The molecule has 1 N–H and O–H groups in total. The largest absolute Gasteiger partial charge is 0.492 e. The summed E-state index contributed by atoms with van der Waals surface area (Å²) in [6.07, 6.45) is 0.540. The van der Waals surface area contributed by atoms with Crippen LogP contribution in [0.15, 0.2) is 48.5 Å². The third-order valence-electron chi connectivity index (χ3n) is 5.46. The zero-order valence-corrected chi connectivity index (χ0v) is 18.5. The number of likely N-dealkylation sites (tertiary alicyclic amines) is 1. The third kappa shape index (κ3) is 5.03. The van der Waals surface area contributed by atoms with Crippen LogP contribution in [0.2, 0.25) is 0 Å². The highest BCUT2D eigenvalue weighted by molar-refractivity contribution is 7.20. The van der Waals surface area contributed by atoms with Crippen LogP contribution >= 0.6 is 11.3 Å².